The predicted molar refractivity (Wildman–Crippen MR) is 45.5 cm³/mol. The first-order chi connectivity index (χ1) is 5.07. The number of ketones is 1. The van der Waals surface area contributed by atoms with Gasteiger partial charge in [-0.2, -0.15) is 0 Å². The number of methoxy groups -OCH3 is 1. The smallest absolute Gasteiger partial charge is 0.160 e. The normalized spacial score (nSPS) is 12.4. The molecule has 2 nitrogen and oxygen atoms in total. The summed E-state index contributed by atoms with van der Waals surface area (Å²) in [7, 11) is 1.60. The standard InChI is InChI=1S/C9H16O2/c1-7(2)5-9(10)8(3)6-11-4/h5,8H,6H2,1-4H3. The molecule has 11 heavy (non-hydrogen) atoms. The van der Waals surface area contributed by atoms with Gasteiger partial charge >= 0.3 is 0 Å². The molecule has 0 aliphatic rings. The van der Waals surface area contributed by atoms with Crippen LogP contribution in [-0.4, -0.2) is 19.5 Å². The second kappa shape index (κ2) is 5.08. The zero-order valence-electron chi connectivity index (χ0n) is 7.68. The summed E-state index contributed by atoms with van der Waals surface area (Å²) in [6.07, 6.45) is 1.66. The summed E-state index contributed by atoms with van der Waals surface area (Å²) in [5.74, 6) is 0.127. The average Bonchev–Trinajstić information content (AvgIpc) is 1.86. The molecule has 0 amide bonds. The number of hydrogen-bond donors (Lipinski definition) is 0. The van der Waals surface area contributed by atoms with Crippen molar-refractivity contribution in [3.8, 4) is 0 Å². The molecule has 0 heterocycles. The van der Waals surface area contributed by atoms with Crippen LogP contribution in [-0.2, 0) is 9.53 Å². The summed E-state index contributed by atoms with van der Waals surface area (Å²) in [6, 6.07) is 0. The zero-order valence-corrected chi connectivity index (χ0v) is 7.68. The van der Waals surface area contributed by atoms with Crippen LogP contribution >= 0.6 is 0 Å². The number of carbonyl (C=O) groups excluding carboxylic acids is 1. The van der Waals surface area contributed by atoms with Gasteiger partial charge in [-0.1, -0.05) is 12.5 Å². The summed E-state index contributed by atoms with van der Waals surface area (Å²) >= 11 is 0. The van der Waals surface area contributed by atoms with E-state index in [0.717, 1.165) is 5.57 Å². The number of rotatable bonds is 4. The van der Waals surface area contributed by atoms with Gasteiger partial charge < -0.3 is 4.74 Å². The largest absolute Gasteiger partial charge is 0.384 e. The van der Waals surface area contributed by atoms with Gasteiger partial charge in [-0.15, -0.1) is 0 Å². The highest BCUT2D eigenvalue weighted by Gasteiger charge is 2.08. The van der Waals surface area contributed by atoms with Crippen molar-refractivity contribution < 1.29 is 9.53 Å². The summed E-state index contributed by atoms with van der Waals surface area (Å²) < 4.78 is 4.86. The first kappa shape index (κ1) is 10.4. The van der Waals surface area contributed by atoms with Crippen molar-refractivity contribution in [3.05, 3.63) is 11.6 Å². The van der Waals surface area contributed by atoms with Crippen molar-refractivity contribution in [1.29, 1.82) is 0 Å². The Kier molecular flexibility index (Phi) is 4.79. The van der Waals surface area contributed by atoms with E-state index in [1.165, 1.54) is 0 Å². The number of hydrogen-bond acceptors (Lipinski definition) is 2. The van der Waals surface area contributed by atoms with Gasteiger partial charge in [-0.25, -0.2) is 0 Å². The fourth-order valence-electron chi connectivity index (χ4n) is 0.759. The lowest BCUT2D eigenvalue weighted by Crippen LogP contribution is -2.13. The molecule has 0 aliphatic heterocycles. The van der Waals surface area contributed by atoms with E-state index >= 15 is 0 Å². The Hall–Kier alpha value is -0.630. The molecule has 0 radical (unpaired) electrons. The van der Waals surface area contributed by atoms with E-state index in [9.17, 15) is 4.79 Å². The van der Waals surface area contributed by atoms with Gasteiger partial charge in [0, 0.05) is 13.0 Å². The second-order valence-corrected chi connectivity index (χ2v) is 2.98. The maximum Gasteiger partial charge on any atom is 0.160 e. The first-order valence-electron chi connectivity index (χ1n) is 3.75. The molecular weight excluding hydrogens is 140 g/mol. The van der Waals surface area contributed by atoms with Crippen LogP contribution in [0.1, 0.15) is 20.8 Å². The molecule has 0 N–H and O–H groups in total. The number of carbonyl (C=O) groups is 1. The average molecular weight is 156 g/mol. The van der Waals surface area contributed by atoms with Crippen molar-refractivity contribution in [1.82, 2.24) is 0 Å². The van der Waals surface area contributed by atoms with Crippen molar-refractivity contribution in [2.45, 2.75) is 20.8 Å². The monoisotopic (exact) mass is 156 g/mol. The third kappa shape index (κ3) is 4.73. The van der Waals surface area contributed by atoms with Crippen molar-refractivity contribution in [2.75, 3.05) is 13.7 Å². The van der Waals surface area contributed by atoms with E-state index in [0.29, 0.717) is 6.61 Å². The van der Waals surface area contributed by atoms with E-state index < -0.39 is 0 Å². The highest BCUT2D eigenvalue weighted by Crippen LogP contribution is 2.01. The van der Waals surface area contributed by atoms with Gasteiger partial charge in [0.15, 0.2) is 5.78 Å². The molecule has 0 fully saturated rings. The zero-order chi connectivity index (χ0) is 8.85. The minimum atomic E-state index is -0.0186. The van der Waals surface area contributed by atoms with Crippen LogP contribution < -0.4 is 0 Å². The summed E-state index contributed by atoms with van der Waals surface area (Å²) in [6.45, 7) is 6.20. The SMILES string of the molecule is COCC(C)C(=O)C=C(C)C. The molecule has 0 aromatic carbocycles. The summed E-state index contributed by atoms with van der Waals surface area (Å²) in [5, 5.41) is 0. The third-order valence-electron chi connectivity index (χ3n) is 1.33. The molecule has 1 unspecified atom stereocenters. The molecule has 2 heteroatoms. The van der Waals surface area contributed by atoms with Crippen molar-refractivity contribution in [3.63, 3.8) is 0 Å². The Balaban J connectivity index is 3.93. The fourth-order valence-corrected chi connectivity index (χ4v) is 0.759. The van der Waals surface area contributed by atoms with Gasteiger partial charge in [-0.3, -0.25) is 4.79 Å². The molecule has 0 aromatic heterocycles. The van der Waals surface area contributed by atoms with Gasteiger partial charge in [0.25, 0.3) is 0 Å². The lowest BCUT2D eigenvalue weighted by atomic mass is 10.1. The van der Waals surface area contributed by atoms with E-state index in [2.05, 4.69) is 0 Å². The summed E-state index contributed by atoms with van der Waals surface area (Å²) in [5.41, 5.74) is 1.04. The van der Waals surface area contributed by atoms with Crippen molar-refractivity contribution >= 4 is 5.78 Å². The highest BCUT2D eigenvalue weighted by atomic mass is 16.5. The van der Waals surface area contributed by atoms with Crippen LogP contribution in [0.15, 0.2) is 11.6 Å². The topological polar surface area (TPSA) is 26.3 Å². The first-order valence-corrected chi connectivity index (χ1v) is 3.75. The van der Waals surface area contributed by atoms with Gasteiger partial charge in [0.2, 0.25) is 0 Å². The van der Waals surface area contributed by atoms with Gasteiger partial charge in [0.1, 0.15) is 0 Å². The third-order valence-corrected chi connectivity index (χ3v) is 1.33. The van der Waals surface area contributed by atoms with Crippen LogP contribution in [0, 0.1) is 5.92 Å². The minimum absolute atomic E-state index is 0.0186. The van der Waals surface area contributed by atoms with Crippen LogP contribution in [0.5, 0.6) is 0 Å². The second-order valence-electron chi connectivity index (χ2n) is 2.98. The van der Waals surface area contributed by atoms with Gasteiger partial charge in [0.05, 0.1) is 6.61 Å². The molecular formula is C9H16O2. The Morgan fingerprint density at radius 3 is 2.45 bits per heavy atom. The molecule has 0 bridgehead atoms. The minimum Gasteiger partial charge on any atom is -0.384 e. The van der Waals surface area contributed by atoms with Crippen LogP contribution in [0.4, 0.5) is 0 Å². The lowest BCUT2D eigenvalue weighted by Gasteiger charge is -2.05. The molecule has 0 aromatic rings. The highest BCUT2D eigenvalue weighted by molar-refractivity contribution is 5.92. The van der Waals surface area contributed by atoms with Crippen LogP contribution in [0.3, 0.4) is 0 Å². The molecule has 0 rings (SSSR count). The molecule has 1 atom stereocenters. The molecule has 0 saturated heterocycles. The Bertz CT molecular complexity index is 155. The van der Waals surface area contributed by atoms with E-state index in [1.807, 2.05) is 20.8 Å². The maximum absolute atomic E-state index is 11.2. The predicted octanol–water partition coefficient (Wildman–Crippen LogP) is 1.80. The quantitative estimate of drug-likeness (QED) is 0.580. The van der Waals surface area contributed by atoms with E-state index in [-0.39, 0.29) is 11.7 Å². The Labute approximate surface area is 68.2 Å². The van der Waals surface area contributed by atoms with Crippen molar-refractivity contribution in [2.24, 2.45) is 5.92 Å². The molecule has 0 spiro atoms. The van der Waals surface area contributed by atoms with Crippen LogP contribution in [0.2, 0.25) is 0 Å². The molecule has 0 saturated carbocycles. The molecule has 64 valence electrons. The summed E-state index contributed by atoms with van der Waals surface area (Å²) in [4.78, 5) is 11.2. The van der Waals surface area contributed by atoms with Gasteiger partial charge in [-0.05, 0) is 19.9 Å². The van der Waals surface area contributed by atoms with E-state index in [1.54, 1.807) is 13.2 Å². The fraction of sp³-hybridized carbons (Fsp3) is 0.667. The molecule has 0 aliphatic carbocycles. The number of ether oxygens (including phenoxy) is 1. The van der Waals surface area contributed by atoms with E-state index in [4.69, 9.17) is 4.74 Å². The Morgan fingerprint density at radius 1 is 1.55 bits per heavy atom. The number of allylic oxidation sites excluding steroid dienone is 2. The maximum atomic E-state index is 11.2. The lowest BCUT2D eigenvalue weighted by molar-refractivity contribution is -0.119. The van der Waals surface area contributed by atoms with Crippen LogP contribution in [0.25, 0.3) is 0 Å². The Morgan fingerprint density at radius 2 is 2.09 bits per heavy atom.